The number of aliphatic imine (C=N–C) groups is 1. The van der Waals surface area contributed by atoms with Crippen molar-refractivity contribution in [2.45, 2.75) is 57.0 Å². The van der Waals surface area contributed by atoms with E-state index in [0.29, 0.717) is 13.0 Å². The van der Waals surface area contributed by atoms with Crippen molar-refractivity contribution in [2.24, 2.45) is 4.99 Å². The summed E-state index contributed by atoms with van der Waals surface area (Å²) in [5.41, 5.74) is -0.0481. The van der Waals surface area contributed by atoms with E-state index in [9.17, 15) is 31.1 Å². The standard InChI is InChI=1S/C16H18F6N4O3/c1-13(2,3)29-12(27)25-11-26-14(4,9-7(17)5-6-8(23)24-9)15(18,19)10(28-11)16(20,21)22/h5-6,10H,1-4H3,(H2,23,24)(H,25,26,27)/t10-,14-/m1/s1. The maximum Gasteiger partial charge on any atom is 0.431 e. The molecule has 0 saturated carbocycles. The fourth-order valence-corrected chi connectivity index (χ4v) is 2.48. The van der Waals surface area contributed by atoms with Crippen LogP contribution in [0.1, 0.15) is 33.4 Å². The number of hydrogen-bond acceptors (Lipinski definition) is 6. The number of nitrogens with one attached hydrogen (secondary N) is 1. The molecule has 0 aliphatic carbocycles. The lowest BCUT2D eigenvalue weighted by molar-refractivity contribution is -0.288. The summed E-state index contributed by atoms with van der Waals surface area (Å²) in [6.45, 7) is 4.90. The molecule has 1 aromatic rings. The Morgan fingerprint density at radius 3 is 2.38 bits per heavy atom. The summed E-state index contributed by atoms with van der Waals surface area (Å²) in [7, 11) is 0. The minimum atomic E-state index is -5.60. The molecular formula is C16H18F6N4O3. The number of hydrogen-bond donors (Lipinski definition) is 2. The lowest BCUT2D eigenvalue weighted by Gasteiger charge is -2.42. The van der Waals surface area contributed by atoms with E-state index in [1.807, 2.05) is 0 Å². The molecule has 1 aliphatic rings. The number of rotatable bonds is 1. The van der Waals surface area contributed by atoms with Crippen LogP contribution in [0.2, 0.25) is 0 Å². The van der Waals surface area contributed by atoms with E-state index in [-0.39, 0.29) is 0 Å². The van der Waals surface area contributed by atoms with Gasteiger partial charge >= 0.3 is 18.2 Å². The molecule has 7 nitrogen and oxygen atoms in total. The Bertz CT molecular complexity index is 837. The molecule has 1 amide bonds. The molecule has 0 aromatic carbocycles. The number of pyridine rings is 1. The Morgan fingerprint density at radius 2 is 1.86 bits per heavy atom. The first-order chi connectivity index (χ1) is 13.0. The van der Waals surface area contributed by atoms with Gasteiger partial charge in [-0.2, -0.15) is 22.0 Å². The number of alkyl halides is 5. The van der Waals surface area contributed by atoms with Crippen molar-refractivity contribution in [1.29, 1.82) is 0 Å². The van der Waals surface area contributed by atoms with Crippen molar-refractivity contribution >= 4 is 17.9 Å². The van der Waals surface area contributed by atoms with Crippen molar-refractivity contribution < 1.29 is 40.6 Å². The zero-order valence-corrected chi connectivity index (χ0v) is 15.7. The summed E-state index contributed by atoms with van der Waals surface area (Å²) < 4.78 is 92.9. The highest BCUT2D eigenvalue weighted by Crippen LogP contribution is 2.50. The minimum absolute atomic E-state index is 0.426. The molecule has 0 spiro atoms. The summed E-state index contributed by atoms with van der Waals surface area (Å²) >= 11 is 0. The lowest BCUT2D eigenvalue weighted by atomic mass is 9.84. The number of halogens is 6. The van der Waals surface area contributed by atoms with Crippen molar-refractivity contribution in [2.75, 3.05) is 5.73 Å². The smallest absolute Gasteiger partial charge is 0.431 e. The highest BCUT2D eigenvalue weighted by atomic mass is 19.4. The van der Waals surface area contributed by atoms with Gasteiger partial charge in [-0.1, -0.05) is 0 Å². The third-order valence-electron chi connectivity index (χ3n) is 3.77. The molecule has 3 N–H and O–H groups in total. The zero-order valence-electron chi connectivity index (χ0n) is 15.7. The van der Waals surface area contributed by atoms with Crippen LogP contribution in [0.3, 0.4) is 0 Å². The van der Waals surface area contributed by atoms with Crippen molar-refractivity contribution in [3.63, 3.8) is 0 Å². The van der Waals surface area contributed by atoms with Gasteiger partial charge in [-0.25, -0.2) is 24.5 Å². The maximum absolute atomic E-state index is 14.8. The van der Waals surface area contributed by atoms with Gasteiger partial charge in [-0.05, 0) is 39.8 Å². The van der Waals surface area contributed by atoms with Gasteiger partial charge in [-0.15, -0.1) is 0 Å². The van der Waals surface area contributed by atoms with Crippen LogP contribution in [0.15, 0.2) is 17.1 Å². The first kappa shape index (κ1) is 22.6. The molecule has 1 aromatic heterocycles. The van der Waals surface area contributed by atoms with Gasteiger partial charge in [0.15, 0.2) is 5.54 Å². The number of nitrogens with zero attached hydrogens (tertiary/aromatic N) is 2. The number of amidine groups is 1. The molecule has 0 bridgehead atoms. The summed E-state index contributed by atoms with van der Waals surface area (Å²) in [5, 5.41) is 1.73. The molecule has 162 valence electrons. The largest absolute Gasteiger partial charge is 0.445 e. The normalized spacial score (nSPS) is 24.3. The number of nitrogens with two attached hydrogens (primary N) is 1. The molecule has 0 radical (unpaired) electrons. The van der Waals surface area contributed by atoms with Crippen LogP contribution in [0.4, 0.5) is 37.0 Å². The first-order valence-electron chi connectivity index (χ1n) is 8.11. The SMILES string of the molecule is CC(C)(C)OC(=O)NC1=N[C@](C)(c2nc(N)ccc2F)C(F)(F)[C@H](C(F)(F)F)O1. The van der Waals surface area contributed by atoms with Gasteiger partial charge in [0.2, 0.25) is 0 Å². The van der Waals surface area contributed by atoms with Crippen LogP contribution >= 0.6 is 0 Å². The number of alkyl carbamates (subject to hydrolysis) is 1. The summed E-state index contributed by atoms with van der Waals surface area (Å²) in [4.78, 5) is 18.6. The van der Waals surface area contributed by atoms with Gasteiger partial charge in [0, 0.05) is 0 Å². The second-order valence-electron chi connectivity index (χ2n) is 7.35. The van der Waals surface area contributed by atoms with Crippen LogP contribution < -0.4 is 11.1 Å². The van der Waals surface area contributed by atoms with Crippen molar-refractivity contribution in [1.82, 2.24) is 10.3 Å². The number of ether oxygens (including phenoxy) is 2. The van der Waals surface area contributed by atoms with Crippen LogP contribution in [-0.4, -0.2) is 40.9 Å². The van der Waals surface area contributed by atoms with E-state index in [0.717, 1.165) is 6.07 Å². The fourth-order valence-electron chi connectivity index (χ4n) is 2.48. The monoisotopic (exact) mass is 428 g/mol. The predicted molar refractivity (Wildman–Crippen MR) is 88.6 cm³/mol. The molecule has 2 rings (SSSR count). The molecule has 2 atom stereocenters. The predicted octanol–water partition coefficient (Wildman–Crippen LogP) is 3.50. The Kier molecular flexibility index (Phi) is 5.41. The number of amides is 1. The molecule has 29 heavy (non-hydrogen) atoms. The minimum Gasteiger partial charge on any atom is -0.445 e. The van der Waals surface area contributed by atoms with E-state index >= 15 is 0 Å². The van der Waals surface area contributed by atoms with E-state index in [2.05, 4.69) is 14.7 Å². The number of aromatic nitrogens is 1. The molecule has 0 saturated heterocycles. The third kappa shape index (κ3) is 4.48. The highest BCUT2D eigenvalue weighted by Gasteiger charge is 2.71. The Balaban J connectivity index is 2.61. The van der Waals surface area contributed by atoms with Gasteiger partial charge in [-0.3, -0.25) is 0 Å². The van der Waals surface area contributed by atoms with E-state index in [4.69, 9.17) is 10.5 Å². The average molecular weight is 428 g/mol. The number of carbonyl (C=O) groups is 1. The van der Waals surface area contributed by atoms with E-state index in [1.165, 1.54) is 20.8 Å². The van der Waals surface area contributed by atoms with Gasteiger partial charge in [0.25, 0.3) is 12.1 Å². The molecule has 2 heterocycles. The molecule has 0 unspecified atom stereocenters. The lowest BCUT2D eigenvalue weighted by Crippen LogP contribution is -2.63. The quantitative estimate of drug-likeness (QED) is 0.668. The van der Waals surface area contributed by atoms with E-state index in [1.54, 1.807) is 5.32 Å². The summed E-state index contributed by atoms with van der Waals surface area (Å²) in [5.74, 6) is -6.61. The molecular weight excluding hydrogens is 410 g/mol. The third-order valence-corrected chi connectivity index (χ3v) is 3.77. The second kappa shape index (κ2) is 6.95. The van der Waals surface area contributed by atoms with Crippen LogP contribution in [0, 0.1) is 5.82 Å². The van der Waals surface area contributed by atoms with Crippen molar-refractivity contribution in [3.05, 3.63) is 23.6 Å². The van der Waals surface area contributed by atoms with Gasteiger partial charge in [0.05, 0.1) is 0 Å². The fraction of sp³-hybridized carbons (Fsp3) is 0.562. The summed E-state index contributed by atoms with van der Waals surface area (Å²) in [6, 6.07) is 0.358. The number of anilines is 1. The van der Waals surface area contributed by atoms with Crippen LogP contribution in [-0.2, 0) is 15.0 Å². The number of nitrogen functional groups attached to an aromatic ring is 1. The molecule has 13 heteroatoms. The van der Waals surface area contributed by atoms with Crippen LogP contribution in [0.5, 0.6) is 0 Å². The number of carbonyl (C=O) groups excluding carboxylic acids is 1. The summed E-state index contributed by atoms with van der Waals surface area (Å²) in [6.07, 6.45) is -10.7. The maximum atomic E-state index is 14.8. The second-order valence-corrected chi connectivity index (χ2v) is 7.35. The Hall–Kier alpha value is -2.73. The van der Waals surface area contributed by atoms with Gasteiger partial charge in [0.1, 0.15) is 22.9 Å². The zero-order chi connectivity index (χ0) is 22.4. The highest BCUT2D eigenvalue weighted by molar-refractivity contribution is 5.91. The first-order valence-corrected chi connectivity index (χ1v) is 8.11. The Morgan fingerprint density at radius 1 is 1.28 bits per heavy atom. The average Bonchev–Trinajstić information content (AvgIpc) is 2.50. The van der Waals surface area contributed by atoms with Gasteiger partial charge < -0.3 is 15.2 Å². The Labute approximate surface area is 161 Å². The molecule has 0 fully saturated rings. The topological polar surface area (TPSA) is 98.8 Å². The van der Waals surface area contributed by atoms with E-state index < -0.39 is 58.8 Å². The van der Waals surface area contributed by atoms with Crippen LogP contribution in [0.25, 0.3) is 0 Å². The van der Waals surface area contributed by atoms with Crippen molar-refractivity contribution in [3.8, 4) is 0 Å². The molecule has 1 aliphatic heterocycles.